The van der Waals surface area contributed by atoms with Gasteiger partial charge in [0.1, 0.15) is 0 Å². The first-order valence-electron chi connectivity index (χ1n) is 17.5. The molecule has 0 spiro atoms. The van der Waals surface area contributed by atoms with Gasteiger partial charge in [-0.15, -0.1) is 0 Å². The molecule has 0 aliphatic heterocycles. The maximum Gasteiger partial charge on any atom is 0.165 e. The molecular formula is C48H33N3. The number of nitrogens with zero attached hydrogens (tertiary/aromatic N) is 3. The highest BCUT2D eigenvalue weighted by Crippen LogP contribution is 2.52. The molecule has 51 heavy (non-hydrogen) atoms. The van der Waals surface area contributed by atoms with Crippen LogP contribution in [-0.2, 0) is 5.41 Å². The zero-order chi connectivity index (χ0) is 34.1. The molecular weight excluding hydrogens is 619 g/mol. The van der Waals surface area contributed by atoms with Crippen molar-refractivity contribution in [3.63, 3.8) is 0 Å². The fourth-order valence-electron chi connectivity index (χ4n) is 8.23. The first-order chi connectivity index (χ1) is 25.0. The van der Waals surface area contributed by atoms with Gasteiger partial charge in [-0.05, 0) is 72.4 Å². The van der Waals surface area contributed by atoms with Gasteiger partial charge in [-0.25, -0.2) is 15.0 Å². The van der Waals surface area contributed by atoms with Crippen molar-refractivity contribution in [2.75, 3.05) is 0 Å². The fourth-order valence-corrected chi connectivity index (χ4v) is 8.23. The van der Waals surface area contributed by atoms with Gasteiger partial charge >= 0.3 is 0 Å². The molecule has 1 heterocycles. The van der Waals surface area contributed by atoms with Crippen LogP contribution in [0.2, 0.25) is 0 Å². The van der Waals surface area contributed by atoms with Crippen molar-refractivity contribution in [3.05, 3.63) is 175 Å². The van der Waals surface area contributed by atoms with Gasteiger partial charge in [-0.2, -0.15) is 0 Å². The van der Waals surface area contributed by atoms with E-state index in [1.165, 1.54) is 38.6 Å². The third-order valence-electron chi connectivity index (χ3n) is 10.7. The largest absolute Gasteiger partial charge is 0.208 e. The zero-order valence-electron chi connectivity index (χ0n) is 28.4. The summed E-state index contributed by atoms with van der Waals surface area (Å²) in [5.74, 6) is 1.97. The van der Waals surface area contributed by atoms with Crippen LogP contribution < -0.4 is 0 Å². The zero-order valence-corrected chi connectivity index (χ0v) is 28.4. The molecule has 10 rings (SSSR count). The van der Waals surface area contributed by atoms with E-state index in [-0.39, 0.29) is 5.41 Å². The molecule has 1 aromatic heterocycles. The Labute approximate surface area is 297 Å². The van der Waals surface area contributed by atoms with Crippen molar-refractivity contribution in [1.29, 1.82) is 0 Å². The molecule has 0 atom stereocenters. The maximum atomic E-state index is 5.35. The van der Waals surface area contributed by atoms with Gasteiger partial charge in [0.25, 0.3) is 0 Å². The fraction of sp³-hybridized carbons (Fsp3) is 0.0625. The van der Waals surface area contributed by atoms with Gasteiger partial charge in [0.15, 0.2) is 17.5 Å². The Kier molecular flexibility index (Phi) is 6.53. The predicted octanol–water partition coefficient (Wildman–Crippen LogP) is 12.3. The van der Waals surface area contributed by atoms with Crippen LogP contribution in [-0.4, -0.2) is 15.0 Å². The molecule has 0 radical (unpaired) electrons. The highest BCUT2D eigenvalue weighted by Gasteiger charge is 2.36. The summed E-state index contributed by atoms with van der Waals surface area (Å²) in [6, 6.07) is 58.3. The van der Waals surface area contributed by atoms with Crippen molar-refractivity contribution < 1.29 is 0 Å². The quantitative estimate of drug-likeness (QED) is 0.140. The summed E-state index contributed by atoms with van der Waals surface area (Å²) in [5, 5.41) is 6.95. The van der Waals surface area contributed by atoms with Crippen molar-refractivity contribution >= 4 is 32.3 Å². The minimum atomic E-state index is -0.0708. The van der Waals surface area contributed by atoms with Crippen LogP contribution in [0.15, 0.2) is 164 Å². The van der Waals surface area contributed by atoms with Crippen molar-refractivity contribution in [3.8, 4) is 56.4 Å². The average Bonchev–Trinajstić information content (AvgIpc) is 3.43. The van der Waals surface area contributed by atoms with Gasteiger partial charge in [0.05, 0.1) is 0 Å². The number of hydrogen-bond donors (Lipinski definition) is 0. The Balaban J connectivity index is 1.23. The minimum Gasteiger partial charge on any atom is -0.208 e. The molecule has 0 fully saturated rings. The van der Waals surface area contributed by atoms with Crippen LogP contribution in [0.3, 0.4) is 0 Å². The van der Waals surface area contributed by atoms with Gasteiger partial charge in [0, 0.05) is 27.5 Å². The van der Waals surface area contributed by atoms with E-state index in [2.05, 4.69) is 159 Å². The van der Waals surface area contributed by atoms with E-state index < -0.39 is 0 Å². The molecule has 1 aliphatic carbocycles. The number of hydrogen-bond acceptors (Lipinski definition) is 3. The van der Waals surface area contributed by atoms with E-state index in [9.17, 15) is 0 Å². The van der Waals surface area contributed by atoms with Gasteiger partial charge in [0.2, 0.25) is 0 Å². The molecule has 8 aromatic carbocycles. The molecule has 3 heteroatoms. The molecule has 240 valence electrons. The number of benzene rings is 8. The Morgan fingerprint density at radius 1 is 0.373 bits per heavy atom. The molecule has 0 N–H and O–H groups in total. The van der Waals surface area contributed by atoms with Gasteiger partial charge in [-0.1, -0.05) is 166 Å². The SMILES string of the molecule is CC1(C)c2ccccc2-c2c(-c3cccc(-c4nc(-c5ccccc5)nc(-c5c6ccccc6cc6ccc7ccccc7c56)n4)c3)cccc21. The van der Waals surface area contributed by atoms with Crippen LogP contribution in [0.5, 0.6) is 0 Å². The highest BCUT2D eigenvalue weighted by molar-refractivity contribution is 6.21. The second-order valence-corrected chi connectivity index (χ2v) is 14.0. The molecule has 1 aliphatic rings. The van der Waals surface area contributed by atoms with Gasteiger partial charge < -0.3 is 0 Å². The summed E-state index contributed by atoms with van der Waals surface area (Å²) < 4.78 is 0. The van der Waals surface area contributed by atoms with Crippen molar-refractivity contribution in [1.82, 2.24) is 15.0 Å². The Morgan fingerprint density at radius 2 is 0.961 bits per heavy atom. The third kappa shape index (κ3) is 4.62. The predicted molar refractivity (Wildman–Crippen MR) is 212 cm³/mol. The monoisotopic (exact) mass is 651 g/mol. The first kappa shape index (κ1) is 29.5. The average molecular weight is 652 g/mol. The Morgan fingerprint density at radius 3 is 1.82 bits per heavy atom. The van der Waals surface area contributed by atoms with E-state index in [1.54, 1.807) is 0 Å². The summed E-state index contributed by atoms with van der Waals surface area (Å²) in [7, 11) is 0. The topological polar surface area (TPSA) is 38.7 Å². The molecule has 0 bridgehead atoms. The van der Waals surface area contributed by atoms with E-state index in [4.69, 9.17) is 15.0 Å². The summed E-state index contributed by atoms with van der Waals surface area (Å²) >= 11 is 0. The van der Waals surface area contributed by atoms with Crippen molar-refractivity contribution in [2.45, 2.75) is 19.3 Å². The van der Waals surface area contributed by atoms with E-state index in [1.807, 2.05) is 18.2 Å². The standard InChI is InChI=1S/C48H33N3/c1-48(2)40-24-11-10-22-39(40)43-37(23-13-25-41(43)48)33-18-12-19-35(29-33)46-49-45(31-15-4-3-5-16-31)50-47(51-46)44-38-21-9-7-17-32(38)28-34-27-26-30-14-6-8-20-36(30)42(34)44/h3-29H,1-2H3. The van der Waals surface area contributed by atoms with Crippen LogP contribution in [0, 0.1) is 0 Å². The lowest BCUT2D eigenvalue weighted by atomic mass is 9.82. The smallest absolute Gasteiger partial charge is 0.165 e. The molecule has 0 saturated heterocycles. The summed E-state index contributed by atoms with van der Waals surface area (Å²) in [6.07, 6.45) is 0. The second-order valence-electron chi connectivity index (χ2n) is 14.0. The number of fused-ring (bicyclic) bond motifs is 7. The Hall–Kier alpha value is -6.45. The van der Waals surface area contributed by atoms with Crippen molar-refractivity contribution in [2.24, 2.45) is 0 Å². The number of rotatable bonds is 4. The lowest BCUT2D eigenvalue weighted by Crippen LogP contribution is -2.14. The maximum absolute atomic E-state index is 5.35. The first-order valence-corrected chi connectivity index (χ1v) is 17.5. The molecule has 9 aromatic rings. The Bertz CT molecular complexity index is 2830. The van der Waals surface area contributed by atoms with Crippen LogP contribution >= 0.6 is 0 Å². The summed E-state index contributed by atoms with van der Waals surface area (Å²) in [5.41, 5.74) is 10.6. The number of aromatic nitrogens is 3. The van der Waals surface area contributed by atoms with Crippen LogP contribution in [0.1, 0.15) is 25.0 Å². The molecule has 0 unspecified atom stereocenters. The lowest BCUT2D eigenvalue weighted by molar-refractivity contribution is 0.660. The summed E-state index contributed by atoms with van der Waals surface area (Å²) in [6.45, 7) is 4.66. The van der Waals surface area contributed by atoms with Crippen LogP contribution in [0.4, 0.5) is 0 Å². The summed E-state index contributed by atoms with van der Waals surface area (Å²) in [4.78, 5) is 15.8. The third-order valence-corrected chi connectivity index (χ3v) is 10.7. The van der Waals surface area contributed by atoms with E-state index in [0.29, 0.717) is 17.5 Å². The second kappa shape index (κ2) is 11.3. The van der Waals surface area contributed by atoms with E-state index >= 15 is 0 Å². The van der Waals surface area contributed by atoms with E-state index in [0.717, 1.165) is 43.8 Å². The molecule has 0 saturated carbocycles. The minimum absolute atomic E-state index is 0.0708. The van der Waals surface area contributed by atoms with Crippen LogP contribution in [0.25, 0.3) is 88.7 Å². The molecule has 0 amide bonds. The highest BCUT2D eigenvalue weighted by atomic mass is 15.0. The van der Waals surface area contributed by atoms with Gasteiger partial charge in [-0.3, -0.25) is 0 Å². The normalized spacial score (nSPS) is 13.1. The molecule has 3 nitrogen and oxygen atoms in total. The lowest BCUT2D eigenvalue weighted by Gasteiger charge is -2.21.